The van der Waals surface area contributed by atoms with Crippen molar-refractivity contribution in [2.24, 2.45) is 5.92 Å². The SMILES string of the molecule is O=C(NC[C@H](CCO)C(O)c1ccccn1)c1cccc(F)c1-c1ncc(-c2ccc(F)cc2)s1. The third-order valence-electron chi connectivity index (χ3n) is 5.57. The number of halogens is 2. The molecule has 1 amide bonds. The van der Waals surface area contributed by atoms with Crippen LogP contribution < -0.4 is 5.32 Å². The number of benzene rings is 2. The summed E-state index contributed by atoms with van der Waals surface area (Å²) in [4.78, 5) is 22.2. The van der Waals surface area contributed by atoms with Crippen molar-refractivity contribution >= 4 is 17.2 Å². The highest BCUT2D eigenvalue weighted by Crippen LogP contribution is 2.35. The normalized spacial score (nSPS) is 12.8. The Morgan fingerprint density at radius 2 is 1.83 bits per heavy atom. The fraction of sp³-hybridized carbons (Fsp3) is 0.192. The molecule has 35 heavy (non-hydrogen) atoms. The van der Waals surface area contributed by atoms with Crippen molar-refractivity contribution in [3.63, 3.8) is 0 Å². The molecule has 2 aromatic carbocycles. The van der Waals surface area contributed by atoms with Gasteiger partial charge in [0.1, 0.15) is 22.7 Å². The monoisotopic (exact) mass is 495 g/mol. The summed E-state index contributed by atoms with van der Waals surface area (Å²) in [6.45, 7) is -0.132. The van der Waals surface area contributed by atoms with E-state index in [0.29, 0.717) is 15.6 Å². The maximum absolute atomic E-state index is 14.9. The zero-order valence-electron chi connectivity index (χ0n) is 18.6. The van der Waals surface area contributed by atoms with Crippen molar-refractivity contribution in [2.45, 2.75) is 12.5 Å². The van der Waals surface area contributed by atoms with Crippen LogP contribution in [0.25, 0.3) is 21.0 Å². The maximum Gasteiger partial charge on any atom is 0.252 e. The van der Waals surface area contributed by atoms with Crippen LogP contribution in [0.4, 0.5) is 8.78 Å². The van der Waals surface area contributed by atoms with Gasteiger partial charge in [-0.2, -0.15) is 0 Å². The Bertz CT molecular complexity index is 1280. The van der Waals surface area contributed by atoms with Gasteiger partial charge in [-0.05, 0) is 48.4 Å². The first-order valence-corrected chi connectivity index (χ1v) is 11.8. The number of nitrogens with one attached hydrogen (secondary N) is 1. The van der Waals surface area contributed by atoms with Crippen LogP contribution >= 0.6 is 11.3 Å². The molecule has 0 fully saturated rings. The molecule has 2 atom stereocenters. The lowest BCUT2D eigenvalue weighted by Gasteiger charge is -2.22. The standard InChI is InChI=1S/C26H23F2N3O3S/c27-18-9-7-16(8-10-18)22-15-31-26(35-22)23-19(4-3-5-20(23)28)25(34)30-14-17(11-13-32)24(33)21-6-1-2-12-29-21/h1-10,12,15,17,24,32-33H,11,13-14H2,(H,30,34)/t17-,24?/m0/s1. The van der Waals surface area contributed by atoms with Gasteiger partial charge in [-0.15, -0.1) is 11.3 Å². The summed E-state index contributed by atoms with van der Waals surface area (Å²) >= 11 is 1.19. The number of pyridine rings is 1. The van der Waals surface area contributed by atoms with Crippen LogP contribution in [0, 0.1) is 17.6 Å². The minimum absolute atomic E-state index is 0.0474. The smallest absolute Gasteiger partial charge is 0.252 e. The molecule has 0 spiro atoms. The molecular weight excluding hydrogens is 472 g/mol. The minimum Gasteiger partial charge on any atom is -0.396 e. The molecule has 1 unspecified atom stereocenters. The number of amides is 1. The molecule has 0 aliphatic heterocycles. The average molecular weight is 496 g/mol. The molecule has 2 aromatic heterocycles. The molecule has 0 saturated carbocycles. The Balaban J connectivity index is 1.55. The number of rotatable bonds is 9. The summed E-state index contributed by atoms with van der Waals surface area (Å²) in [6.07, 6.45) is 2.36. The van der Waals surface area contributed by atoms with Crippen LogP contribution in [0.15, 0.2) is 73.1 Å². The van der Waals surface area contributed by atoms with Gasteiger partial charge >= 0.3 is 0 Å². The summed E-state index contributed by atoms with van der Waals surface area (Å²) in [5.74, 6) is -1.99. The maximum atomic E-state index is 14.9. The molecule has 180 valence electrons. The van der Waals surface area contributed by atoms with Crippen LogP contribution in [0.1, 0.15) is 28.6 Å². The first-order valence-electron chi connectivity index (χ1n) is 11.0. The number of thiazole rings is 1. The van der Waals surface area contributed by atoms with Gasteiger partial charge in [-0.1, -0.05) is 24.3 Å². The number of aliphatic hydroxyl groups is 2. The second-order valence-electron chi connectivity index (χ2n) is 7.88. The molecule has 0 aliphatic rings. The number of aliphatic hydroxyl groups excluding tert-OH is 2. The van der Waals surface area contributed by atoms with Gasteiger partial charge in [0.05, 0.1) is 21.7 Å². The lowest BCUT2D eigenvalue weighted by molar-refractivity contribution is 0.0774. The number of carbonyl (C=O) groups excluding carboxylic acids is 1. The summed E-state index contributed by atoms with van der Waals surface area (Å²) < 4.78 is 28.1. The Kier molecular flexibility index (Phi) is 7.91. The molecule has 0 radical (unpaired) electrons. The van der Waals surface area contributed by atoms with Crippen molar-refractivity contribution < 1.29 is 23.8 Å². The molecule has 4 aromatic rings. The summed E-state index contributed by atoms with van der Waals surface area (Å²) in [5.41, 5.74) is 1.32. The zero-order valence-corrected chi connectivity index (χ0v) is 19.4. The van der Waals surface area contributed by atoms with Gasteiger partial charge in [0.2, 0.25) is 0 Å². The van der Waals surface area contributed by atoms with E-state index in [1.54, 1.807) is 42.7 Å². The topological polar surface area (TPSA) is 95.3 Å². The van der Waals surface area contributed by atoms with E-state index in [-0.39, 0.29) is 36.5 Å². The fourth-order valence-electron chi connectivity index (χ4n) is 3.72. The molecule has 0 saturated heterocycles. The number of carbonyl (C=O) groups is 1. The quantitative estimate of drug-likeness (QED) is 0.315. The van der Waals surface area contributed by atoms with E-state index in [0.717, 1.165) is 5.56 Å². The Hall–Kier alpha value is -3.53. The predicted molar refractivity (Wildman–Crippen MR) is 130 cm³/mol. The molecule has 3 N–H and O–H groups in total. The first kappa shape index (κ1) is 24.6. The third-order valence-corrected chi connectivity index (χ3v) is 6.63. The number of hydrogen-bond acceptors (Lipinski definition) is 6. The van der Waals surface area contributed by atoms with Crippen LogP contribution in [0.2, 0.25) is 0 Å². The van der Waals surface area contributed by atoms with Gasteiger partial charge in [0, 0.05) is 31.5 Å². The highest BCUT2D eigenvalue weighted by atomic mass is 32.1. The van der Waals surface area contributed by atoms with E-state index in [9.17, 15) is 23.8 Å². The van der Waals surface area contributed by atoms with E-state index in [1.165, 1.54) is 41.7 Å². The average Bonchev–Trinajstić information content (AvgIpc) is 3.36. The lowest BCUT2D eigenvalue weighted by atomic mass is 9.95. The van der Waals surface area contributed by atoms with Gasteiger partial charge in [0.15, 0.2) is 0 Å². The zero-order chi connectivity index (χ0) is 24.8. The fourth-order valence-corrected chi connectivity index (χ4v) is 4.70. The van der Waals surface area contributed by atoms with E-state index in [4.69, 9.17) is 0 Å². The summed E-state index contributed by atoms with van der Waals surface area (Å²) in [5, 5.41) is 23.2. The highest BCUT2D eigenvalue weighted by Gasteiger charge is 2.24. The predicted octanol–water partition coefficient (Wildman–Crippen LogP) is 4.61. The van der Waals surface area contributed by atoms with E-state index in [1.807, 2.05) is 0 Å². The molecule has 2 heterocycles. The Labute approximate surface area is 205 Å². The van der Waals surface area contributed by atoms with Crippen LogP contribution in [0.5, 0.6) is 0 Å². The highest BCUT2D eigenvalue weighted by molar-refractivity contribution is 7.18. The second kappa shape index (κ2) is 11.3. The second-order valence-corrected chi connectivity index (χ2v) is 8.91. The van der Waals surface area contributed by atoms with Crippen molar-refractivity contribution in [3.05, 3.63) is 95.9 Å². The molecule has 4 rings (SSSR count). The van der Waals surface area contributed by atoms with E-state index < -0.39 is 23.7 Å². The van der Waals surface area contributed by atoms with Crippen molar-refractivity contribution in [1.29, 1.82) is 0 Å². The van der Waals surface area contributed by atoms with Gasteiger partial charge in [-0.25, -0.2) is 13.8 Å². The molecule has 0 aliphatic carbocycles. The summed E-state index contributed by atoms with van der Waals surface area (Å²) in [6, 6.07) is 15.2. The number of hydrogen-bond donors (Lipinski definition) is 3. The third kappa shape index (κ3) is 5.76. The van der Waals surface area contributed by atoms with Crippen molar-refractivity contribution in [3.8, 4) is 21.0 Å². The van der Waals surface area contributed by atoms with Gasteiger partial charge in [0.25, 0.3) is 5.91 Å². The first-order chi connectivity index (χ1) is 17.0. The van der Waals surface area contributed by atoms with Crippen LogP contribution in [0.3, 0.4) is 0 Å². The van der Waals surface area contributed by atoms with Crippen molar-refractivity contribution in [2.75, 3.05) is 13.2 Å². The van der Waals surface area contributed by atoms with Crippen molar-refractivity contribution in [1.82, 2.24) is 15.3 Å². The van der Waals surface area contributed by atoms with Gasteiger partial charge in [-0.3, -0.25) is 9.78 Å². The van der Waals surface area contributed by atoms with Gasteiger partial charge < -0.3 is 15.5 Å². The Morgan fingerprint density at radius 3 is 2.54 bits per heavy atom. The number of aromatic nitrogens is 2. The van der Waals surface area contributed by atoms with E-state index in [2.05, 4.69) is 15.3 Å². The largest absolute Gasteiger partial charge is 0.396 e. The van der Waals surface area contributed by atoms with E-state index >= 15 is 0 Å². The summed E-state index contributed by atoms with van der Waals surface area (Å²) in [7, 11) is 0. The minimum atomic E-state index is -0.993. The van der Waals surface area contributed by atoms with Crippen LogP contribution in [-0.4, -0.2) is 39.2 Å². The lowest BCUT2D eigenvalue weighted by Crippen LogP contribution is -2.33. The molecule has 9 heteroatoms. The molecule has 0 bridgehead atoms. The Morgan fingerprint density at radius 1 is 1.03 bits per heavy atom. The molecule has 6 nitrogen and oxygen atoms in total. The number of nitrogens with zero attached hydrogens (tertiary/aromatic N) is 2. The molecular formula is C26H23F2N3O3S. The van der Waals surface area contributed by atoms with Crippen LogP contribution in [-0.2, 0) is 0 Å².